The van der Waals surface area contributed by atoms with Crippen LogP contribution in [0.15, 0.2) is 29.2 Å². The van der Waals surface area contributed by atoms with Crippen LogP contribution in [0.3, 0.4) is 0 Å². The average Bonchev–Trinajstić information content (AvgIpc) is 3.41. The van der Waals surface area contributed by atoms with Crippen LogP contribution in [0.4, 0.5) is 4.79 Å². The van der Waals surface area contributed by atoms with Crippen molar-refractivity contribution in [1.82, 2.24) is 20.3 Å². The van der Waals surface area contributed by atoms with Crippen LogP contribution in [0, 0.1) is 5.92 Å². The fourth-order valence-electron chi connectivity index (χ4n) is 5.91. The highest BCUT2D eigenvalue weighted by atomic mass is 32.2. The van der Waals surface area contributed by atoms with Crippen molar-refractivity contribution in [2.24, 2.45) is 11.7 Å². The number of ether oxygens (including phenoxy) is 2. The van der Waals surface area contributed by atoms with Gasteiger partial charge in [0.15, 0.2) is 0 Å². The molecule has 0 bridgehead atoms. The number of alkyl carbamates (subject to hydrolysis) is 1. The predicted octanol–water partition coefficient (Wildman–Crippen LogP) is 1.76. The second kappa shape index (κ2) is 15.7. The molecule has 1 aliphatic carbocycles. The topological polar surface area (TPSA) is 203 Å². The largest absolute Gasteiger partial charge is 0.497 e. The Morgan fingerprint density at radius 3 is 2.20 bits per heavy atom. The summed E-state index contributed by atoms with van der Waals surface area (Å²) in [5.74, 6) is -3.27. The molecule has 46 heavy (non-hydrogen) atoms. The smallest absolute Gasteiger partial charge is 0.408 e. The molecule has 1 heterocycles. The second-order valence-corrected chi connectivity index (χ2v) is 14.6. The van der Waals surface area contributed by atoms with E-state index in [9.17, 15) is 32.4 Å². The third-order valence-electron chi connectivity index (χ3n) is 8.09. The Morgan fingerprint density at radius 2 is 1.65 bits per heavy atom. The van der Waals surface area contributed by atoms with E-state index in [-0.39, 0.29) is 30.2 Å². The van der Waals surface area contributed by atoms with Gasteiger partial charge in [0, 0.05) is 12.6 Å². The zero-order valence-corrected chi connectivity index (χ0v) is 28.0. The van der Waals surface area contributed by atoms with E-state index in [0.29, 0.717) is 25.0 Å². The van der Waals surface area contributed by atoms with Crippen LogP contribution in [0.2, 0.25) is 0 Å². The van der Waals surface area contributed by atoms with E-state index < -0.39 is 69.4 Å². The first-order valence-corrected chi connectivity index (χ1v) is 17.1. The Balaban J connectivity index is 1.94. The van der Waals surface area contributed by atoms with Gasteiger partial charge in [-0.2, -0.15) is 0 Å². The minimum Gasteiger partial charge on any atom is -0.497 e. The van der Waals surface area contributed by atoms with Crippen molar-refractivity contribution in [1.29, 1.82) is 0 Å². The zero-order chi connectivity index (χ0) is 34.2. The summed E-state index contributed by atoms with van der Waals surface area (Å²) in [6, 6.07) is 1.37. The number of methoxy groups -OCH3 is 1. The van der Waals surface area contributed by atoms with E-state index in [0.717, 1.165) is 19.3 Å². The number of carbonyl (C=O) groups is 5. The van der Waals surface area contributed by atoms with Gasteiger partial charge in [0.05, 0.1) is 18.0 Å². The van der Waals surface area contributed by atoms with Gasteiger partial charge in [-0.1, -0.05) is 32.6 Å². The number of hydrogen-bond acceptors (Lipinski definition) is 9. The fraction of sp³-hybridized carbons (Fsp3) is 0.645. The van der Waals surface area contributed by atoms with E-state index >= 15 is 0 Å². The third-order valence-corrected chi connectivity index (χ3v) is 9.63. The van der Waals surface area contributed by atoms with E-state index in [2.05, 4.69) is 15.4 Å². The van der Waals surface area contributed by atoms with Crippen molar-refractivity contribution in [3.05, 3.63) is 24.3 Å². The summed E-state index contributed by atoms with van der Waals surface area (Å²) in [6.07, 6.45) is 3.69. The van der Waals surface area contributed by atoms with Crippen molar-refractivity contribution in [2.75, 3.05) is 13.7 Å². The van der Waals surface area contributed by atoms with Gasteiger partial charge >= 0.3 is 6.09 Å². The van der Waals surface area contributed by atoms with Crippen LogP contribution in [-0.4, -0.2) is 86.3 Å². The molecule has 1 aliphatic heterocycles. The number of carbonyl (C=O) groups excluding carboxylic acids is 5. The van der Waals surface area contributed by atoms with Crippen molar-refractivity contribution in [3.8, 4) is 5.75 Å². The molecule has 15 heteroatoms. The number of nitrogens with zero attached hydrogens (tertiary/aromatic N) is 1. The van der Waals surface area contributed by atoms with E-state index in [4.69, 9.17) is 15.2 Å². The number of nitrogens with one attached hydrogen (secondary N) is 3. The lowest BCUT2D eigenvalue weighted by atomic mass is 9.83. The van der Waals surface area contributed by atoms with Gasteiger partial charge in [0.25, 0.3) is 5.91 Å². The summed E-state index contributed by atoms with van der Waals surface area (Å²) in [7, 11) is -2.63. The van der Waals surface area contributed by atoms with Crippen LogP contribution >= 0.6 is 0 Å². The molecule has 14 nitrogen and oxygen atoms in total. The molecule has 2 fully saturated rings. The summed E-state index contributed by atoms with van der Waals surface area (Å²) in [4.78, 5) is 66.3. The first-order valence-electron chi connectivity index (χ1n) is 15.7. The molecule has 1 saturated heterocycles. The Kier molecular flexibility index (Phi) is 12.6. The van der Waals surface area contributed by atoms with Gasteiger partial charge in [-0.3, -0.25) is 19.2 Å². The van der Waals surface area contributed by atoms with Crippen molar-refractivity contribution in [2.45, 2.75) is 114 Å². The number of hydrogen-bond donors (Lipinski definition) is 4. The van der Waals surface area contributed by atoms with Crippen LogP contribution in [0.5, 0.6) is 5.75 Å². The number of sulfonamides is 1. The predicted molar refractivity (Wildman–Crippen MR) is 168 cm³/mol. The number of nitrogens with two attached hydrogens (primary N) is 1. The molecular weight excluding hydrogens is 618 g/mol. The van der Waals surface area contributed by atoms with Gasteiger partial charge in [-0.25, -0.2) is 17.9 Å². The van der Waals surface area contributed by atoms with Crippen LogP contribution in [0.25, 0.3) is 0 Å². The average molecular weight is 666 g/mol. The van der Waals surface area contributed by atoms with E-state index in [1.807, 2.05) is 0 Å². The monoisotopic (exact) mass is 665 g/mol. The number of rotatable bonds is 13. The number of benzene rings is 1. The Morgan fingerprint density at radius 1 is 1.02 bits per heavy atom. The molecule has 2 unspecified atom stereocenters. The number of primary amides is 1. The van der Waals surface area contributed by atoms with Crippen LogP contribution in [-0.2, 0) is 33.9 Å². The molecule has 2 aliphatic rings. The normalized spacial score (nSPS) is 20.3. The Hall–Kier alpha value is -3.72. The minimum atomic E-state index is -4.08. The molecule has 0 spiro atoms. The maximum absolute atomic E-state index is 14.3. The van der Waals surface area contributed by atoms with Gasteiger partial charge in [-0.05, 0) is 76.6 Å². The van der Waals surface area contributed by atoms with E-state index in [1.54, 1.807) is 27.7 Å². The summed E-state index contributed by atoms with van der Waals surface area (Å²) in [6.45, 7) is 6.67. The van der Waals surface area contributed by atoms with Crippen molar-refractivity contribution < 1.29 is 41.9 Å². The first kappa shape index (κ1) is 36.7. The molecule has 5 N–H and O–H groups in total. The van der Waals surface area contributed by atoms with Crippen molar-refractivity contribution >= 4 is 39.6 Å². The molecule has 1 aromatic rings. The summed E-state index contributed by atoms with van der Waals surface area (Å²) >= 11 is 0. The standard InChI is InChI=1S/C31H47N5O9S/c1-6-10-23(26(37)27(32)38)33-28(39)24-17-20(35-46(42,43)22-15-13-21(44-5)14-16-22)18-36(24)29(40)25(19-11-8-7-9-12-19)34-30(41)45-31(2,3)4/h13-16,19-20,23-25,35H,6-12,17-18H2,1-5H3,(H2,32,38)(H,33,39)(H,34,41)/t20?,23?,24-,25-/m0/s1. The van der Waals surface area contributed by atoms with Crippen LogP contribution in [0.1, 0.15) is 79.1 Å². The third kappa shape index (κ3) is 9.89. The molecule has 3 rings (SSSR count). The van der Waals surface area contributed by atoms with Gasteiger partial charge in [-0.15, -0.1) is 0 Å². The highest BCUT2D eigenvalue weighted by molar-refractivity contribution is 7.89. The number of likely N-dealkylation sites (tertiary alicyclic amines) is 1. The molecule has 0 radical (unpaired) electrons. The quantitative estimate of drug-likeness (QED) is 0.226. The van der Waals surface area contributed by atoms with Crippen LogP contribution < -0.4 is 25.8 Å². The van der Waals surface area contributed by atoms with E-state index in [1.165, 1.54) is 36.3 Å². The Labute approximate surface area is 270 Å². The molecule has 0 aromatic heterocycles. The number of ketones is 1. The van der Waals surface area contributed by atoms with Gasteiger partial charge in [0.2, 0.25) is 27.6 Å². The molecule has 4 atom stereocenters. The molecule has 4 amide bonds. The number of Topliss-reactive ketones (excluding diaryl/α,β-unsaturated/α-hetero) is 1. The highest BCUT2D eigenvalue weighted by Gasteiger charge is 2.46. The van der Waals surface area contributed by atoms with Gasteiger partial charge < -0.3 is 30.7 Å². The lowest BCUT2D eigenvalue weighted by Gasteiger charge is -2.35. The number of amides is 4. The lowest BCUT2D eigenvalue weighted by Crippen LogP contribution is -2.58. The SMILES string of the molecule is CCCC(NC(=O)[C@@H]1CC(NS(=O)(=O)c2ccc(OC)cc2)CN1C(=O)[C@@H](NC(=O)OC(C)(C)C)C1CCCCC1)C(=O)C(N)=O. The van der Waals surface area contributed by atoms with Gasteiger partial charge in [0.1, 0.15) is 23.4 Å². The summed E-state index contributed by atoms with van der Waals surface area (Å²) < 4.78 is 39.7. The Bertz CT molecular complexity index is 1370. The molecule has 1 saturated carbocycles. The minimum absolute atomic E-state index is 0.0409. The maximum Gasteiger partial charge on any atom is 0.408 e. The maximum atomic E-state index is 14.3. The molecular formula is C31H47N5O9S. The second-order valence-electron chi connectivity index (χ2n) is 12.8. The summed E-state index contributed by atoms with van der Waals surface area (Å²) in [5.41, 5.74) is 4.38. The lowest BCUT2D eigenvalue weighted by molar-refractivity contribution is -0.143. The zero-order valence-electron chi connectivity index (χ0n) is 27.2. The first-order chi connectivity index (χ1) is 21.6. The fourth-order valence-corrected chi connectivity index (χ4v) is 7.15. The molecule has 256 valence electrons. The summed E-state index contributed by atoms with van der Waals surface area (Å²) in [5, 5.41) is 5.28. The molecule has 1 aromatic carbocycles. The van der Waals surface area contributed by atoms with Crippen molar-refractivity contribution in [3.63, 3.8) is 0 Å². The highest BCUT2D eigenvalue weighted by Crippen LogP contribution is 2.30.